The zero-order valence-electron chi connectivity index (χ0n) is 17.5. The zero-order chi connectivity index (χ0) is 20.2. The molecular formula is C21H32IN5OS. The summed E-state index contributed by atoms with van der Waals surface area (Å²) in [6, 6.07) is 7.63. The van der Waals surface area contributed by atoms with Crippen molar-refractivity contribution in [2.75, 3.05) is 19.6 Å². The highest BCUT2D eigenvalue weighted by Gasteiger charge is 2.06. The molecule has 0 spiro atoms. The fourth-order valence-corrected chi connectivity index (χ4v) is 3.44. The van der Waals surface area contributed by atoms with Crippen molar-refractivity contribution >= 4 is 47.2 Å². The van der Waals surface area contributed by atoms with E-state index in [1.165, 1.54) is 4.88 Å². The molecule has 6 nitrogen and oxygen atoms in total. The number of aryl methyl sites for hydroxylation is 1. The molecule has 0 saturated heterocycles. The zero-order valence-corrected chi connectivity index (χ0v) is 20.6. The first-order valence-corrected chi connectivity index (χ1v) is 10.8. The van der Waals surface area contributed by atoms with Gasteiger partial charge in [0.1, 0.15) is 0 Å². The fraction of sp³-hybridized carbons (Fsp3) is 0.476. The maximum atomic E-state index is 12.1. The van der Waals surface area contributed by atoms with Crippen LogP contribution in [0.15, 0.2) is 35.5 Å². The summed E-state index contributed by atoms with van der Waals surface area (Å²) in [5.74, 6) is 0.739. The number of thiazole rings is 1. The van der Waals surface area contributed by atoms with Crippen LogP contribution in [-0.2, 0) is 19.4 Å². The molecule has 0 fully saturated rings. The molecule has 8 heteroatoms. The van der Waals surface area contributed by atoms with Gasteiger partial charge in [-0.15, -0.1) is 35.3 Å². The topological polar surface area (TPSA) is 78.4 Å². The lowest BCUT2D eigenvalue weighted by Gasteiger charge is -2.11. The lowest BCUT2D eigenvalue weighted by atomic mass is 10.1. The number of hydrogen-bond acceptors (Lipinski definition) is 4. The van der Waals surface area contributed by atoms with Crippen LogP contribution >= 0.6 is 35.3 Å². The van der Waals surface area contributed by atoms with Crippen molar-refractivity contribution in [1.29, 1.82) is 0 Å². The molecule has 160 valence electrons. The van der Waals surface area contributed by atoms with E-state index in [1.807, 2.05) is 44.3 Å². The van der Waals surface area contributed by atoms with E-state index < -0.39 is 0 Å². The van der Waals surface area contributed by atoms with E-state index >= 15 is 0 Å². The van der Waals surface area contributed by atoms with Crippen LogP contribution in [0.3, 0.4) is 0 Å². The molecule has 0 saturated carbocycles. The predicted octanol–water partition coefficient (Wildman–Crippen LogP) is 3.76. The van der Waals surface area contributed by atoms with E-state index in [0.29, 0.717) is 18.7 Å². The number of guanidine groups is 1. The number of amides is 1. The second-order valence-electron chi connectivity index (χ2n) is 6.40. The fourth-order valence-electron chi connectivity index (χ4n) is 2.58. The maximum Gasteiger partial charge on any atom is 0.251 e. The molecule has 3 N–H and O–H groups in total. The number of carbonyl (C=O) groups is 1. The average molecular weight is 529 g/mol. The number of aliphatic imine (C=N–C) groups is 1. The van der Waals surface area contributed by atoms with Gasteiger partial charge in [-0.3, -0.25) is 4.79 Å². The SMILES string of the molecule is CCCNC(=O)c1cccc(CN=C(NCC)NCCc2ncc(CC)s2)c1.I. The van der Waals surface area contributed by atoms with E-state index in [2.05, 4.69) is 32.9 Å². The number of nitrogens with one attached hydrogen (secondary N) is 3. The molecule has 1 aromatic heterocycles. The number of rotatable bonds is 10. The molecule has 0 aliphatic carbocycles. The summed E-state index contributed by atoms with van der Waals surface area (Å²) in [5.41, 5.74) is 1.68. The molecular weight excluding hydrogens is 497 g/mol. The molecule has 0 aliphatic rings. The van der Waals surface area contributed by atoms with E-state index in [9.17, 15) is 4.79 Å². The maximum absolute atomic E-state index is 12.1. The molecule has 0 bridgehead atoms. The summed E-state index contributed by atoms with van der Waals surface area (Å²) in [7, 11) is 0. The number of halogens is 1. The number of benzene rings is 1. The van der Waals surface area contributed by atoms with E-state index in [1.54, 1.807) is 11.3 Å². The standard InChI is InChI=1S/C21H31N5OS.HI/c1-4-11-23-20(27)17-9-7-8-16(13-17)14-26-21(22-6-3)24-12-10-19-25-15-18(5-2)28-19;/h7-9,13,15H,4-6,10-12,14H2,1-3H3,(H,23,27)(H2,22,24,26);1H. The second kappa shape index (κ2) is 14.3. The summed E-state index contributed by atoms with van der Waals surface area (Å²) in [6.45, 7) is 9.01. The normalized spacial score (nSPS) is 10.9. The summed E-state index contributed by atoms with van der Waals surface area (Å²) >= 11 is 1.77. The number of aromatic nitrogens is 1. The van der Waals surface area contributed by atoms with Crippen LogP contribution in [0, 0.1) is 0 Å². The number of nitrogens with zero attached hydrogens (tertiary/aromatic N) is 2. The Labute approximate surface area is 195 Å². The van der Waals surface area contributed by atoms with Crippen LogP contribution < -0.4 is 16.0 Å². The quantitative estimate of drug-likeness (QED) is 0.249. The first kappa shape index (κ1) is 25.4. The van der Waals surface area contributed by atoms with Crippen molar-refractivity contribution in [2.24, 2.45) is 4.99 Å². The van der Waals surface area contributed by atoms with Crippen LogP contribution in [-0.4, -0.2) is 36.5 Å². The van der Waals surface area contributed by atoms with Gasteiger partial charge in [0.25, 0.3) is 5.91 Å². The van der Waals surface area contributed by atoms with Crippen molar-refractivity contribution < 1.29 is 4.79 Å². The van der Waals surface area contributed by atoms with Crippen LogP contribution in [0.4, 0.5) is 0 Å². The first-order chi connectivity index (χ1) is 13.7. The van der Waals surface area contributed by atoms with Gasteiger partial charge in [0.15, 0.2) is 5.96 Å². The van der Waals surface area contributed by atoms with Crippen molar-refractivity contribution in [3.8, 4) is 0 Å². The molecule has 1 heterocycles. The second-order valence-corrected chi connectivity index (χ2v) is 7.60. The Hall–Kier alpha value is -1.68. The summed E-state index contributed by atoms with van der Waals surface area (Å²) in [6.07, 6.45) is 4.80. The average Bonchev–Trinajstić information content (AvgIpc) is 3.18. The third-order valence-electron chi connectivity index (χ3n) is 4.07. The van der Waals surface area contributed by atoms with E-state index in [4.69, 9.17) is 0 Å². The highest BCUT2D eigenvalue weighted by Crippen LogP contribution is 2.13. The largest absolute Gasteiger partial charge is 0.357 e. The van der Waals surface area contributed by atoms with E-state index in [0.717, 1.165) is 48.9 Å². The van der Waals surface area contributed by atoms with Gasteiger partial charge in [-0.05, 0) is 37.5 Å². The smallest absolute Gasteiger partial charge is 0.251 e. The van der Waals surface area contributed by atoms with Gasteiger partial charge in [-0.1, -0.05) is 26.0 Å². The third-order valence-corrected chi connectivity index (χ3v) is 5.27. The van der Waals surface area contributed by atoms with Crippen molar-refractivity contribution in [1.82, 2.24) is 20.9 Å². The number of carbonyl (C=O) groups excluding carboxylic acids is 1. The molecule has 1 aromatic carbocycles. The van der Waals surface area contributed by atoms with Gasteiger partial charge in [-0.25, -0.2) is 9.98 Å². The lowest BCUT2D eigenvalue weighted by molar-refractivity contribution is 0.0953. The first-order valence-electron chi connectivity index (χ1n) is 9.99. The highest BCUT2D eigenvalue weighted by molar-refractivity contribution is 14.0. The minimum absolute atomic E-state index is 0. The van der Waals surface area contributed by atoms with Crippen LogP contribution in [0.25, 0.3) is 0 Å². The molecule has 0 aliphatic heterocycles. The van der Waals surface area contributed by atoms with Gasteiger partial charge < -0.3 is 16.0 Å². The van der Waals surface area contributed by atoms with Crippen molar-refractivity contribution in [3.05, 3.63) is 51.5 Å². The summed E-state index contributed by atoms with van der Waals surface area (Å²) in [4.78, 5) is 22.5. The highest BCUT2D eigenvalue weighted by atomic mass is 127. The van der Waals surface area contributed by atoms with Gasteiger partial charge >= 0.3 is 0 Å². The molecule has 0 unspecified atom stereocenters. The van der Waals surface area contributed by atoms with E-state index in [-0.39, 0.29) is 29.9 Å². The summed E-state index contributed by atoms with van der Waals surface area (Å²) < 4.78 is 0. The Balaban J connectivity index is 0.00000420. The van der Waals surface area contributed by atoms with Gasteiger partial charge in [0.05, 0.1) is 11.6 Å². The van der Waals surface area contributed by atoms with Crippen LogP contribution in [0.5, 0.6) is 0 Å². The third kappa shape index (κ3) is 9.12. The van der Waals surface area contributed by atoms with Gasteiger partial charge in [0, 0.05) is 42.7 Å². The van der Waals surface area contributed by atoms with Crippen molar-refractivity contribution in [2.45, 2.75) is 46.6 Å². The Morgan fingerprint density at radius 1 is 1.14 bits per heavy atom. The molecule has 1 amide bonds. The Morgan fingerprint density at radius 3 is 2.66 bits per heavy atom. The Bertz CT molecular complexity index is 778. The Morgan fingerprint density at radius 2 is 1.97 bits per heavy atom. The van der Waals surface area contributed by atoms with Crippen LogP contribution in [0.2, 0.25) is 0 Å². The Kier molecular flexibility index (Phi) is 12.5. The van der Waals surface area contributed by atoms with Gasteiger partial charge in [-0.2, -0.15) is 0 Å². The minimum atomic E-state index is -0.0346. The molecule has 2 rings (SSSR count). The predicted molar refractivity (Wildman–Crippen MR) is 132 cm³/mol. The number of hydrogen-bond donors (Lipinski definition) is 3. The monoisotopic (exact) mass is 529 g/mol. The van der Waals surface area contributed by atoms with Gasteiger partial charge in [0.2, 0.25) is 0 Å². The minimum Gasteiger partial charge on any atom is -0.357 e. The molecule has 0 atom stereocenters. The van der Waals surface area contributed by atoms with Crippen molar-refractivity contribution in [3.63, 3.8) is 0 Å². The molecule has 0 radical (unpaired) electrons. The summed E-state index contributed by atoms with van der Waals surface area (Å²) in [5, 5.41) is 10.7. The molecule has 29 heavy (non-hydrogen) atoms. The molecule has 2 aromatic rings. The van der Waals surface area contributed by atoms with Crippen LogP contribution in [0.1, 0.15) is 53.0 Å². The lowest BCUT2D eigenvalue weighted by Crippen LogP contribution is -2.38.